The van der Waals surface area contributed by atoms with Crippen LogP contribution in [0.15, 0.2) is 18.2 Å². The van der Waals surface area contributed by atoms with E-state index in [-0.39, 0.29) is 18.6 Å². The van der Waals surface area contributed by atoms with Crippen molar-refractivity contribution in [3.05, 3.63) is 28.8 Å². The van der Waals surface area contributed by atoms with Gasteiger partial charge in [-0.3, -0.25) is 4.79 Å². The highest BCUT2D eigenvalue weighted by atomic mass is 35.5. The number of aliphatic hydroxyl groups is 1. The van der Waals surface area contributed by atoms with Crippen molar-refractivity contribution in [2.24, 2.45) is 0 Å². The lowest BCUT2D eigenvalue weighted by Crippen LogP contribution is -2.45. The molecular weight excluding hydrogens is 266 g/mol. The number of methoxy groups -OCH3 is 1. The fraction of sp³-hybridized carbons (Fsp3) is 0.500. The molecule has 0 radical (unpaired) electrons. The summed E-state index contributed by atoms with van der Waals surface area (Å²) in [5.74, 6) is 0.384. The van der Waals surface area contributed by atoms with Gasteiger partial charge in [-0.1, -0.05) is 11.6 Å². The molecule has 1 heterocycles. The minimum absolute atomic E-state index is 0.00534. The molecule has 4 nitrogen and oxygen atoms in total. The lowest BCUT2D eigenvalue weighted by molar-refractivity contribution is 0.0500. The second kappa shape index (κ2) is 6.26. The van der Waals surface area contributed by atoms with Gasteiger partial charge in [0.2, 0.25) is 0 Å². The fourth-order valence-electron chi connectivity index (χ4n) is 2.46. The molecule has 0 aromatic heterocycles. The van der Waals surface area contributed by atoms with Crippen molar-refractivity contribution in [2.75, 3.05) is 20.3 Å². The largest absolute Gasteiger partial charge is 0.496 e. The summed E-state index contributed by atoms with van der Waals surface area (Å²) in [6, 6.07) is 4.89. The first-order chi connectivity index (χ1) is 9.17. The number of hydrogen-bond donors (Lipinski definition) is 1. The summed E-state index contributed by atoms with van der Waals surface area (Å²) in [6.45, 7) is 0.661. The Morgan fingerprint density at radius 1 is 1.53 bits per heavy atom. The highest BCUT2D eigenvalue weighted by Crippen LogP contribution is 2.27. The second-order valence-electron chi connectivity index (χ2n) is 4.68. The Morgan fingerprint density at radius 3 is 3.00 bits per heavy atom. The summed E-state index contributed by atoms with van der Waals surface area (Å²) in [7, 11) is 1.53. The highest BCUT2D eigenvalue weighted by molar-refractivity contribution is 6.31. The standard InChI is InChI=1S/C14H18ClNO3/c1-19-13-6-5-10(15)8-12(13)14(18)16-7-3-2-4-11(16)9-17/h5-6,8,11,17H,2-4,7,9H2,1H3. The molecule has 0 bridgehead atoms. The van der Waals surface area contributed by atoms with Crippen LogP contribution in [0.5, 0.6) is 5.75 Å². The maximum atomic E-state index is 12.6. The summed E-state index contributed by atoms with van der Waals surface area (Å²) >= 11 is 5.95. The molecular formula is C14H18ClNO3. The van der Waals surface area contributed by atoms with Crippen LogP contribution in [-0.4, -0.2) is 42.2 Å². The molecule has 5 heteroatoms. The zero-order valence-electron chi connectivity index (χ0n) is 10.9. The number of nitrogens with zero attached hydrogens (tertiary/aromatic N) is 1. The van der Waals surface area contributed by atoms with Gasteiger partial charge in [-0.15, -0.1) is 0 Å². The second-order valence-corrected chi connectivity index (χ2v) is 5.11. The topological polar surface area (TPSA) is 49.8 Å². The van der Waals surface area contributed by atoms with Gasteiger partial charge in [-0.25, -0.2) is 0 Å². The SMILES string of the molecule is COc1ccc(Cl)cc1C(=O)N1CCCCC1CO. The molecule has 1 amide bonds. The average Bonchev–Trinajstić information content (AvgIpc) is 2.46. The third-order valence-electron chi connectivity index (χ3n) is 3.49. The summed E-state index contributed by atoms with van der Waals surface area (Å²) in [4.78, 5) is 14.3. The molecule has 2 rings (SSSR count). The molecule has 0 saturated carbocycles. The lowest BCUT2D eigenvalue weighted by atomic mass is 10.0. The van der Waals surface area contributed by atoms with E-state index in [4.69, 9.17) is 16.3 Å². The van der Waals surface area contributed by atoms with Crippen molar-refractivity contribution in [3.63, 3.8) is 0 Å². The Morgan fingerprint density at radius 2 is 2.32 bits per heavy atom. The molecule has 1 unspecified atom stereocenters. The Hall–Kier alpha value is -1.26. The Labute approximate surface area is 117 Å². The van der Waals surface area contributed by atoms with Crippen LogP contribution >= 0.6 is 11.6 Å². The zero-order valence-corrected chi connectivity index (χ0v) is 11.7. The average molecular weight is 284 g/mol. The molecule has 1 aliphatic rings. The molecule has 1 N–H and O–H groups in total. The molecule has 0 aliphatic carbocycles. The van der Waals surface area contributed by atoms with Gasteiger partial charge in [0.25, 0.3) is 5.91 Å². The first-order valence-electron chi connectivity index (χ1n) is 6.42. The molecule has 1 aromatic rings. The van der Waals surface area contributed by atoms with Gasteiger partial charge in [0.15, 0.2) is 0 Å². The number of benzene rings is 1. The van der Waals surface area contributed by atoms with Crippen LogP contribution in [0, 0.1) is 0 Å². The van der Waals surface area contributed by atoms with Crippen molar-refractivity contribution in [2.45, 2.75) is 25.3 Å². The first-order valence-corrected chi connectivity index (χ1v) is 6.80. The van der Waals surface area contributed by atoms with Crippen molar-refractivity contribution in [1.29, 1.82) is 0 Å². The number of carbonyl (C=O) groups excluding carboxylic acids is 1. The molecule has 1 atom stereocenters. The summed E-state index contributed by atoms with van der Waals surface area (Å²) in [6.07, 6.45) is 2.85. The van der Waals surface area contributed by atoms with Crippen LogP contribution in [0.1, 0.15) is 29.6 Å². The van der Waals surface area contributed by atoms with E-state index in [2.05, 4.69) is 0 Å². The Bertz CT molecular complexity index is 464. The summed E-state index contributed by atoms with van der Waals surface area (Å²) in [5, 5.41) is 9.89. The molecule has 104 valence electrons. The van der Waals surface area contributed by atoms with E-state index < -0.39 is 0 Å². The van der Waals surface area contributed by atoms with E-state index in [1.165, 1.54) is 7.11 Å². The van der Waals surface area contributed by atoms with E-state index in [0.29, 0.717) is 22.9 Å². The highest BCUT2D eigenvalue weighted by Gasteiger charge is 2.28. The van der Waals surface area contributed by atoms with Crippen LogP contribution in [0.4, 0.5) is 0 Å². The molecule has 1 fully saturated rings. The number of amides is 1. The molecule has 1 saturated heterocycles. The van der Waals surface area contributed by atoms with Crippen LogP contribution in [0.2, 0.25) is 5.02 Å². The molecule has 1 aliphatic heterocycles. The van der Waals surface area contributed by atoms with Crippen molar-refractivity contribution >= 4 is 17.5 Å². The van der Waals surface area contributed by atoms with E-state index in [1.807, 2.05) is 0 Å². The number of carbonyl (C=O) groups is 1. The van der Waals surface area contributed by atoms with Gasteiger partial charge in [0, 0.05) is 11.6 Å². The van der Waals surface area contributed by atoms with Gasteiger partial charge >= 0.3 is 0 Å². The van der Waals surface area contributed by atoms with Gasteiger partial charge in [-0.2, -0.15) is 0 Å². The number of likely N-dealkylation sites (tertiary alicyclic amines) is 1. The molecule has 19 heavy (non-hydrogen) atoms. The normalized spacial score (nSPS) is 19.3. The number of rotatable bonds is 3. The van der Waals surface area contributed by atoms with Gasteiger partial charge in [-0.05, 0) is 37.5 Å². The van der Waals surface area contributed by atoms with E-state index in [1.54, 1.807) is 23.1 Å². The minimum Gasteiger partial charge on any atom is -0.496 e. The molecule has 1 aromatic carbocycles. The number of hydrogen-bond acceptors (Lipinski definition) is 3. The fourth-order valence-corrected chi connectivity index (χ4v) is 2.63. The summed E-state index contributed by atoms with van der Waals surface area (Å²) < 4.78 is 5.21. The first kappa shape index (κ1) is 14.2. The predicted octanol–water partition coefficient (Wildman–Crippen LogP) is 2.34. The zero-order chi connectivity index (χ0) is 13.8. The number of aliphatic hydroxyl groups excluding tert-OH is 1. The minimum atomic E-state index is -0.127. The van der Waals surface area contributed by atoms with Crippen molar-refractivity contribution in [1.82, 2.24) is 4.90 Å². The van der Waals surface area contributed by atoms with Gasteiger partial charge in [0.1, 0.15) is 5.75 Å². The van der Waals surface area contributed by atoms with E-state index >= 15 is 0 Å². The quantitative estimate of drug-likeness (QED) is 0.926. The molecule has 0 spiro atoms. The lowest BCUT2D eigenvalue weighted by Gasteiger charge is -2.35. The van der Waals surface area contributed by atoms with Crippen LogP contribution < -0.4 is 4.74 Å². The monoisotopic (exact) mass is 283 g/mol. The predicted molar refractivity (Wildman–Crippen MR) is 73.8 cm³/mol. The number of piperidine rings is 1. The number of ether oxygens (including phenoxy) is 1. The number of halogens is 1. The third-order valence-corrected chi connectivity index (χ3v) is 3.73. The van der Waals surface area contributed by atoms with Gasteiger partial charge in [0.05, 0.1) is 25.3 Å². The van der Waals surface area contributed by atoms with Crippen LogP contribution in [-0.2, 0) is 0 Å². The van der Waals surface area contributed by atoms with E-state index in [0.717, 1.165) is 19.3 Å². The van der Waals surface area contributed by atoms with E-state index in [9.17, 15) is 9.90 Å². The maximum absolute atomic E-state index is 12.6. The maximum Gasteiger partial charge on any atom is 0.258 e. The van der Waals surface area contributed by atoms with Crippen LogP contribution in [0.25, 0.3) is 0 Å². The van der Waals surface area contributed by atoms with Crippen molar-refractivity contribution < 1.29 is 14.6 Å². The van der Waals surface area contributed by atoms with Crippen molar-refractivity contribution in [3.8, 4) is 5.75 Å². The Balaban J connectivity index is 2.29. The van der Waals surface area contributed by atoms with Crippen LogP contribution in [0.3, 0.4) is 0 Å². The third kappa shape index (κ3) is 3.01. The van der Waals surface area contributed by atoms with Gasteiger partial charge < -0.3 is 14.7 Å². The smallest absolute Gasteiger partial charge is 0.258 e. The Kier molecular flexibility index (Phi) is 4.66. The summed E-state index contributed by atoms with van der Waals surface area (Å²) in [5.41, 5.74) is 0.454.